The molecule has 1 fully saturated rings. The van der Waals surface area contributed by atoms with E-state index >= 15 is 0 Å². The highest BCUT2D eigenvalue weighted by Gasteiger charge is 2.31. The number of aromatic nitrogens is 1. The van der Waals surface area contributed by atoms with Crippen LogP contribution in [0.15, 0.2) is 0 Å². The minimum Gasteiger partial charge on any atom is -0.326 e. The van der Waals surface area contributed by atoms with Gasteiger partial charge in [0.2, 0.25) is 0 Å². The lowest BCUT2D eigenvalue weighted by Crippen LogP contribution is -2.03. The van der Waals surface area contributed by atoms with Crippen molar-refractivity contribution in [2.24, 2.45) is 5.73 Å². The standard InChI is InChI=1S/C11H18N2O2S2/c1-7(2)10-9(5-12)16-11(13-10)8-3-4-17(14,15)6-8/h7-8H,3-6,12H2,1-2H3. The molecule has 0 saturated carbocycles. The molecule has 1 unspecified atom stereocenters. The van der Waals surface area contributed by atoms with Crippen LogP contribution in [0, 0.1) is 0 Å². The SMILES string of the molecule is CC(C)c1nc(C2CCS(=O)(=O)C2)sc1CN. The van der Waals surface area contributed by atoms with E-state index in [4.69, 9.17) is 5.73 Å². The van der Waals surface area contributed by atoms with E-state index in [1.165, 1.54) is 0 Å². The van der Waals surface area contributed by atoms with Gasteiger partial charge in [0.05, 0.1) is 22.2 Å². The van der Waals surface area contributed by atoms with Gasteiger partial charge in [-0.25, -0.2) is 13.4 Å². The summed E-state index contributed by atoms with van der Waals surface area (Å²) in [5, 5.41) is 0.954. The van der Waals surface area contributed by atoms with Gasteiger partial charge in [0.15, 0.2) is 9.84 Å². The first-order valence-corrected chi connectivity index (χ1v) is 8.46. The fourth-order valence-electron chi connectivity index (χ4n) is 2.14. The van der Waals surface area contributed by atoms with Crippen LogP contribution in [-0.2, 0) is 16.4 Å². The van der Waals surface area contributed by atoms with Crippen molar-refractivity contribution in [1.29, 1.82) is 0 Å². The summed E-state index contributed by atoms with van der Waals surface area (Å²) in [5.41, 5.74) is 6.74. The Morgan fingerprint density at radius 3 is 2.65 bits per heavy atom. The normalized spacial score (nSPS) is 23.4. The van der Waals surface area contributed by atoms with Gasteiger partial charge < -0.3 is 5.73 Å². The molecule has 0 radical (unpaired) electrons. The Bertz CT molecular complexity index is 506. The molecule has 1 saturated heterocycles. The molecule has 0 aromatic carbocycles. The van der Waals surface area contributed by atoms with Crippen molar-refractivity contribution >= 4 is 21.2 Å². The number of thiazole rings is 1. The minimum absolute atomic E-state index is 0.0859. The van der Waals surface area contributed by atoms with E-state index in [9.17, 15) is 8.42 Å². The van der Waals surface area contributed by atoms with Gasteiger partial charge in [0.1, 0.15) is 0 Å². The summed E-state index contributed by atoms with van der Waals surface area (Å²) in [7, 11) is -2.84. The van der Waals surface area contributed by atoms with Crippen molar-refractivity contribution in [3.63, 3.8) is 0 Å². The van der Waals surface area contributed by atoms with Crippen molar-refractivity contribution in [3.8, 4) is 0 Å². The average Bonchev–Trinajstić information content (AvgIpc) is 2.80. The smallest absolute Gasteiger partial charge is 0.151 e. The molecule has 0 spiro atoms. The van der Waals surface area contributed by atoms with Crippen LogP contribution < -0.4 is 5.73 Å². The van der Waals surface area contributed by atoms with Crippen LogP contribution in [0.4, 0.5) is 0 Å². The minimum atomic E-state index is -2.84. The Morgan fingerprint density at radius 2 is 2.24 bits per heavy atom. The van der Waals surface area contributed by atoms with Crippen molar-refractivity contribution in [2.45, 2.75) is 38.6 Å². The van der Waals surface area contributed by atoms with Crippen LogP contribution in [0.3, 0.4) is 0 Å². The summed E-state index contributed by atoms with van der Waals surface area (Å²) in [5.74, 6) is 0.980. The fourth-order valence-corrected chi connectivity index (χ4v) is 5.23. The monoisotopic (exact) mass is 274 g/mol. The van der Waals surface area contributed by atoms with Gasteiger partial charge in [0.25, 0.3) is 0 Å². The molecule has 2 heterocycles. The Kier molecular flexibility index (Phi) is 3.56. The maximum atomic E-state index is 11.5. The second-order valence-corrected chi connectivity index (χ2v) is 8.16. The zero-order valence-corrected chi connectivity index (χ0v) is 11.8. The topological polar surface area (TPSA) is 73.0 Å². The maximum Gasteiger partial charge on any atom is 0.151 e. The molecule has 1 aliphatic rings. The Morgan fingerprint density at radius 1 is 1.53 bits per heavy atom. The van der Waals surface area contributed by atoms with Gasteiger partial charge in [-0.15, -0.1) is 11.3 Å². The molecule has 2 rings (SSSR count). The predicted molar refractivity (Wildman–Crippen MR) is 70.1 cm³/mol. The third-order valence-corrected chi connectivity index (χ3v) is 6.08. The number of hydrogen-bond acceptors (Lipinski definition) is 5. The average molecular weight is 274 g/mol. The molecule has 6 heteroatoms. The quantitative estimate of drug-likeness (QED) is 0.909. The van der Waals surface area contributed by atoms with Crippen LogP contribution in [-0.4, -0.2) is 24.9 Å². The van der Waals surface area contributed by atoms with Gasteiger partial charge in [0, 0.05) is 17.3 Å². The van der Waals surface area contributed by atoms with E-state index in [1.807, 2.05) is 0 Å². The Balaban J connectivity index is 2.29. The van der Waals surface area contributed by atoms with Gasteiger partial charge in [-0.3, -0.25) is 0 Å². The molecule has 17 heavy (non-hydrogen) atoms. The molecule has 1 aromatic heterocycles. The zero-order chi connectivity index (χ0) is 12.6. The first kappa shape index (κ1) is 13.0. The lowest BCUT2D eigenvalue weighted by molar-refractivity contribution is 0.601. The molecule has 0 aliphatic carbocycles. The Labute approximate surface area is 106 Å². The molecule has 1 aliphatic heterocycles. The van der Waals surface area contributed by atoms with Crippen LogP contribution in [0.25, 0.3) is 0 Å². The van der Waals surface area contributed by atoms with Crippen molar-refractivity contribution < 1.29 is 8.42 Å². The number of rotatable bonds is 3. The first-order chi connectivity index (χ1) is 7.93. The van der Waals surface area contributed by atoms with E-state index < -0.39 is 9.84 Å². The van der Waals surface area contributed by atoms with Crippen molar-refractivity contribution in [3.05, 3.63) is 15.6 Å². The molecule has 1 atom stereocenters. The number of nitrogens with zero attached hydrogens (tertiary/aromatic N) is 1. The molecule has 4 nitrogen and oxygen atoms in total. The van der Waals surface area contributed by atoms with Crippen molar-refractivity contribution in [1.82, 2.24) is 4.98 Å². The molecular weight excluding hydrogens is 256 g/mol. The molecule has 96 valence electrons. The summed E-state index contributed by atoms with van der Waals surface area (Å²) in [6, 6.07) is 0. The van der Waals surface area contributed by atoms with E-state index in [2.05, 4.69) is 18.8 Å². The second-order valence-electron chi connectivity index (χ2n) is 4.82. The van der Waals surface area contributed by atoms with Gasteiger partial charge in [-0.2, -0.15) is 0 Å². The van der Waals surface area contributed by atoms with E-state index in [-0.39, 0.29) is 11.7 Å². The molecule has 2 N–H and O–H groups in total. The van der Waals surface area contributed by atoms with Crippen LogP contribution in [0.5, 0.6) is 0 Å². The van der Waals surface area contributed by atoms with Gasteiger partial charge >= 0.3 is 0 Å². The summed E-state index contributed by atoms with van der Waals surface area (Å²) in [4.78, 5) is 5.70. The van der Waals surface area contributed by atoms with Crippen LogP contribution >= 0.6 is 11.3 Å². The van der Waals surface area contributed by atoms with E-state index in [1.54, 1.807) is 11.3 Å². The van der Waals surface area contributed by atoms with E-state index in [0.29, 0.717) is 24.6 Å². The summed E-state index contributed by atoms with van der Waals surface area (Å²) < 4.78 is 22.9. The van der Waals surface area contributed by atoms with Crippen molar-refractivity contribution in [2.75, 3.05) is 11.5 Å². The maximum absolute atomic E-state index is 11.5. The summed E-state index contributed by atoms with van der Waals surface area (Å²) in [6.07, 6.45) is 0.706. The van der Waals surface area contributed by atoms with Crippen LogP contribution in [0.2, 0.25) is 0 Å². The summed E-state index contributed by atoms with van der Waals surface area (Å²) in [6.45, 7) is 4.66. The first-order valence-electron chi connectivity index (χ1n) is 5.83. The molecule has 0 bridgehead atoms. The fraction of sp³-hybridized carbons (Fsp3) is 0.727. The molecular formula is C11H18N2O2S2. The zero-order valence-electron chi connectivity index (χ0n) is 10.1. The van der Waals surface area contributed by atoms with E-state index in [0.717, 1.165) is 15.6 Å². The third-order valence-electron chi connectivity index (χ3n) is 3.06. The number of sulfone groups is 1. The lowest BCUT2D eigenvalue weighted by atomic mass is 10.1. The van der Waals surface area contributed by atoms with Crippen LogP contribution in [0.1, 0.15) is 47.7 Å². The highest BCUT2D eigenvalue weighted by Crippen LogP contribution is 2.34. The largest absolute Gasteiger partial charge is 0.326 e. The lowest BCUT2D eigenvalue weighted by Gasteiger charge is -2.03. The summed E-state index contributed by atoms with van der Waals surface area (Å²) >= 11 is 1.59. The number of hydrogen-bond donors (Lipinski definition) is 1. The Hall–Kier alpha value is -0.460. The second kappa shape index (κ2) is 4.66. The van der Waals surface area contributed by atoms with Gasteiger partial charge in [-0.1, -0.05) is 13.8 Å². The highest BCUT2D eigenvalue weighted by molar-refractivity contribution is 7.91. The third kappa shape index (κ3) is 2.69. The number of nitrogens with two attached hydrogens (primary N) is 1. The molecule has 0 amide bonds. The predicted octanol–water partition coefficient (Wildman–Crippen LogP) is 1.63. The van der Waals surface area contributed by atoms with Gasteiger partial charge in [-0.05, 0) is 12.3 Å². The molecule has 1 aromatic rings. The highest BCUT2D eigenvalue weighted by atomic mass is 32.2.